The minimum Gasteiger partial charge on any atom is -0.392 e. The summed E-state index contributed by atoms with van der Waals surface area (Å²) >= 11 is 0. The van der Waals surface area contributed by atoms with Gasteiger partial charge in [-0.25, -0.2) is 0 Å². The zero-order valence-electron chi connectivity index (χ0n) is 6.09. The van der Waals surface area contributed by atoms with Crippen molar-refractivity contribution in [2.75, 3.05) is 6.61 Å². The molecule has 0 saturated carbocycles. The van der Waals surface area contributed by atoms with Gasteiger partial charge in [-0.05, 0) is 20.3 Å². The summed E-state index contributed by atoms with van der Waals surface area (Å²) in [7, 11) is 0. The van der Waals surface area contributed by atoms with Crippen LogP contribution in [-0.2, 0) is 0 Å². The van der Waals surface area contributed by atoms with E-state index in [-0.39, 0.29) is 12.1 Å². The second kappa shape index (κ2) is 3.64. The van der Waals surface area contributed by atoms with Gasteiger partial charge in [-0.15, -0.1) is 0 Å². The fourth-order valence-electron chi connectivity index (χ4n) is 0.462. The van der Waals surface area contributed by atoms with Crippen LogP contribution in [0.5, 0.6) is 0 Å². The minimum absolute atomic E-state index is 0.107. The van der Waals surface area contributed by atoms with E-state index >= 15 is 0 Å². The van der Waals surface area contributed by atoms with E-state index in [0.717, 1.165) is 6.42 Å². The molecule has 0 aliphatic heterocycles. The van der Waals surface area contributed by atoms with Gasteiger partial charge in [-0.3, -0.25) is 0 Å². The van der Waals surface area contributed by atoms with Crippen molar-refractivity contribution >= 4 is 0 Å². The van der Waals surface area contributed by atoms with Crippen LogP contribution < -0.4 is 5.73 Å². The second-order valence-corrected chi connectivity index (χ2v) is 2.85. The van der Waals surface area contributed by atoms with E-state index in [9.17, 15) is 0 Å². The maximum Gasteiger partial charge on any atom is 0.0612 e. The average Bonchev–Trinajstić information content (AvgIpc) is 1.63. The first kappa shape index (κ1) is 8.66. The van der Waals surface area contributed by atoms with Crippen LogP contribution in [0.25, 0.3) is 0 Å². The molecule has 2 nitrogen and oxygen atoms in total. The highest BCUT2D eigenvalue weighted by molar-refractivity contribution is 4.88. The van der Waals surface area contributed by atoms with E-state index in [2.05, 4.69) is 0 Å². The van der Waals surface area contributed by atoms with Crippen LogP contribution in [0.4, 0.5) is 0 Å². The molecule has 0 amide bonds. The molecular formula is C7H15NO. The number of aliphatic hydroxyl groups excluding tert-OH is 1. The first-order valence-electron chi connectivity index (χ1n) is 3.11. The molecule has 0 aromatic carbocycles. The Morgan fingerprint density at radius 3 is 2.33 bits per heavy atom. The highest BCUT2D eigenvalue weighted by Gasteiger charge is 2.05. The average molecular weight is 129 g/mol. The van der Waals surface area contributed by atoms with Crippen LogP contribution in [0.2, 0.25) is 0 Å². The van der Waals surface area contributed by atoms with Crippen molar-refractivity contribution in [1.82, 2.24) is 0 Å². The van der Waals surface area contributed by atoms with E-state index < -0.39 is 0 Å². The smallest absolute Gasteiger partial charge is 0.0612 e. The predicted octanol–water partition coefficient (Wildman–Crippen LogP) is 0.662. The predicted molar refractivity (Wildman–Crippen MR) is 39.1 cm³/mol. The molecule has 0 unspecified atom stereocenters. The SMILES string of the molecule is CC(C)(N)C/C=C/CO. The van der Waals surface area contributed by atoms with Crippen LogP contribution in [0, 0.1) is 0 Å². The second-order valence-electron chi connectivity index (χ2n) is 2.85. The van der Waals surface area contributed by atoms with Gasteiger partial charge in [0.25, 0.3) is 0 Å². The molecule has 9 heavy (non-hydrogen) atoms. The Morgan fingerprint density at radius 2 is 2.00 bits per heavy atom. The third kappa shape index (κ3) is 7.66. The summed E-state index contributed by atoms with van der Waals surface area (Å²) in [5.74, 6) is 0. The van der Waals surface area contributed by atoms with Crippen LogP contribution in [-0.4, -0.2) is 17.3 Å². The first-order chi connectivity index (χ1) is 4.06. The Kier molecular flexibility index (Phi) is 3.50. The van der Waals surface area contributed by atoms with E-state index in [4.69, 9.17) is 10.8 Å². The monoisotopic (exact) mass is 129 g/mol. The van der Waals surface area contributed by atoms with Crippen LogP contribution in [0.3, 0.4) is 0 Å². The summed E-state index contributed by atoms with van der Waals surface area (Å²) in [6, 6.07) is 0. The maximum atomic E-state index is 8.34. The Hall–Kier alpha value is -0.340. The molecule has 0 saturated heterocycles. The highest BCUT2D eigenvalue weighted by Crippen LogP contribution is 2.02. The summed E-state index contributed by atoms with van der Waals surface area (Å²) in [4.78, 5) is 0. The molecule has 3 N–H and O–H groups in total. The van der Waals surface area contributed by atoms with Gasteiger partial charge in [-0.1, -0.05) is 12.2 Å². The van der Waals surface area contributed by atoms with Crippen molar-refractivity contribution in [2.45, 2.75) is 25.8 Å². The topological polar surface area (TPSA) is 46.2 Å². The van der Waals surface area contributed by atoms with E-state index in [1.807, 2.05) is 19.9 Å². The zero-order valence-corrected chi connectivity index (χ0v) is 6.09. The number of rotatable bonds is 3. The van der Waals surface area contributed by atoms with Crippen LogP contribution in [0.15, 0.2) is 12.2 Å². The Bertz CT molecular complexity index is 91.6. The maximum absolute atomic E-state index is 8.34. The highest BCUT2D eigenvalue weighted by atomic mass is 16.2. The molecule has 0 heterocycles. The zero-order chi connectivity index (χ0) is 7.33. The standard InChI is InChI=1S/C7H15NO/c1-7(2,8)5-3-4-6-9/h3-4,9H,5-6,8H2,1-2H3/b4-3+. The summed E-state index contributed by atoms with van der Waals surface area (Å²) in [5, 5.41) is 8.34. The first-order valence-corrected chi connectivity index (χ1v) is 3.11. The lowest BCUT2D eigenvalue weighted by molar-refractivity contribution is 0.342. The van der Waals surface area contributed by atoms with Crippen molar-refractivity contribution in [1.29, 1.82) is 0 Å². The summed E-state index contributed by atoms with van der Waals surface area (Å²) in [6.45, 7) is 4.01. The van der Waals surface area contributed by atoms with Gasteiger partial charge >= 0.3 is 0 Å². The van der Waals surface area contributed by atoms with E-state index in [0.29, 0.717) is 0 Å². The number of hydrogen-bond acceptors (Lipinski definition) is 2. The molecular weight excluding hydrogens is 114 g/mol. The lowest BCUT2D eigenvalue weighted by Gasteiger charge is -2.14. The number of nitrogens with two attached hydrogens (primary N) is 1. The molecule has 0 aliphatic rings. The molecule has 0 rings (SSSR count). The van der Waals surface area contributed by atoms with E-state index in [1.165, 1.54) is 0 Å². The molecule has 0 aromatic rings. The molecule has 2 heteroatoms. The van der Waals surface area contributed by atoms with Crippen molar-refractivity contribution in [2.24, 2.45) is 5.73 Å². The van der Waals surface area contributed by atoms with Gasteiger partial charge in [0.2, 0.25) is 0 Å². The van der Waals surface area contributed by atoms with Crippen LogP contribution >= 0.6 is 0 Å². The largest absolute Gasteiger partial charge is 0.392 e. The molecule has 54 valence electrons. The third-order valence-corrected chi connectivity index (χ3v) is 0.916. The van der Waals surface area contributed by atoms with Gasteiger partial charge in [0.15, 0.2) is 0 Å². The third-order valence-electron chi connectivity index (χ3n) is 0.916. The fourth-order valence-corrected chi connectivity index (χ4v) is 0.462. The summed E-state index contributed by atoms with van der Waals surface area (Å²) in [5.41, 5.74) is 5.50. The summed E-state index contributed by atoms with van der Waals surface area (Å²) in [6.07, 6.45) is 4.40. The Morgan fingerprint density at radius 1 is 1.44 bits per heavy atom. The lowest BCUT2D eigenvalue weighted by Crippen LogP contribution is -2.30. The van der Waals surface area contributed by atoms with Crippen molar-refractivity contribution in [3.8, 4) is 0 Å². The Balaban J connectivity index is 3.38. The molecule has 0 radical (unpaired) electrons. The van der Waals surface area contributed by atoms with Crippen molar-refractivity contribution < 1.29 is 5.11 Å². The van der Waals surface area contributed by atoms with Gasteiger partial charge in [-0.2, -0.15) is 0 Å². The molecule has 0 aliphatic carbocycles. The molecule has 0 spiro atoms. The minimum atomic E-state index is -0.147. The number of hydrogen-bond donors (Lipinski definition) is 2. The van der Waals surface area contributed by atoms with Crippen molar-refractivity contribution in [3.05, 3.63) is 12.2 Å². The van der Waals surface area contributed by atoms with Crippen LogP contribution in [0.1, 0.15) is 20.3 Å². The number of aliphatic hydroxyl groups is 1. The van der Waals surface area contributed by atoms with Gasteiger partial charge < -0.3 is 10.8 Å². The van der Waals surface area contributed by atoms with Crippen molar-refractivity contribution in [3.63, 3.8) is 0 Å². The quantitative estimate of drug-likeness (QED) is 0.550. The molecule has 0 aromatic heterocycles. The summed E-state index contributed by atoms with van der Waals surface area (Å²) < 4.78 is 0. The molecule has 0 atom stereocenters. The molecule has 0 bridgehead atoms. The lowest BCUT2D eigenvalue weighted by atomic mass is 10.0. The Labute approximate surface area is 56.4 Å². The fraction of sp³-hybridized carbons (Fsp3) is 0.714. The van der Waals surface area contributed by atoms with Gasteiger partial charge in [0.1, 0.15) is 0 Å². The van der Waals surface area contributed by atoms with Gasteiger partial charge in [0.05, 0.1) is 6.61 Å². The normalized spacial score (nSPS) is 12.9. The van der Waals surface area contributed by atoms with E-state index in [1.54, 1.807) is 6.08 Å². The molecule has 0 fully saturated rings. The van der Waals surface area contributed by atoms with Gasteiger partial charge in [0, 0.05) is 5.54 Å².